The average molecular weight is 306 g/mol. The summed E-state index contributed by atoms with van der Waals surface area (Å²) in [6.45, 7) is 0.645. The molecule has 1 fully saturated rings. The smallest absolute Gasteiger partial charge is 0.191 e. The molecule has 5 nitrogen and oxygen atoms in total. The monoisotopic (exact) mass is 305 g/mol. The highest BCUT2D eigenvalue weighted by molar-refractivity contribution is 6.30. The first-order valence-corrected chi connectivity index (χ1v) is 7.73. The molecule has 1 aliphatic carbocycles. The highest BCUT2D eigenvalue weighted by Gasteiger charge is 2.15. The lowest BCUT2D eigenvalue weighted by Gasteiger charge is -2.16. The second kappa shape index (κ2) is 6.35. The Kier molecular flexibility index (Phi) is 4.29. The van der Waals surface area contributed by atoms with Crippen molar-refractivity contribution in [2.24, 2.45) is 4.99 Å². The van der Waals surface area contributed by atoms with Gasteiger partial charge in [0.1, 0.15) is 5.65 Å². The third-order valence-corrected chi connectivity index (χ3v) is 4.04. The molecule has 3 rings (SSSR count). The van der Waals surface area contributed by atoms with E-state index in [1.165, 1.54) is 25.7 Å². The number of hydrogen-bond acceptors (Lipinski definition) is 2. The van der Waals surface area contributed by atoms with Crippen LogP contribution in [-0.2, 0) is 6.54 Å². The summed E-state index contributed by atoms with van der Waals surface area (Å²) in [6, 6.07) is 4.31. The zero-order valence-corrected chi connectivity index (χ0v) is 12.9. The highest BCUT2D eigenvalue weighted by atomic mass is 35.5. The molecular formula is C15H20ClN5. The second-order valence-electron chi connectivity index (χ2n) is 5.40. The van der Waals surface area contributed by atoms with Gasteiger partial charge in [-0.15, -0.1) is 0 Å². The van der Waals surface area contributed by atoms with E-state index < -0.39 is 0 Å². The summed E-state index contributed by atoms with van der Waals surface area (Å²) in [5.74, 6) is 0.844. The van der Waals surface area contributed by atoms with Crippen LogP contribution in [0.1, 0.15) is 31.4 Å². The number of nitrogens with one attached hydrogen (secondary N) is 2. The Bertz CT molecular complexity index is 643. The summed E-state index contributed by atoms with van der Waals surface area (Å²) in [7, 11) is 1.80. The minimum Gasteiger partial charge on any atom is -0.354 e. The van der Waals surface area contributed by atoms with E-state index >= 15 is 0 Å². The fraction of sp³-hybridized carbons (Fsp3) is 0.467. The number of imidazole rings is 1. The van der Waals surface area contributed by atoms with Crippen LogP contribution in [-0.4, -0.2) is 28.4 Å². The standard InChI is InChI=1S/C15H20ClN5/c1-17-15(20-12-4-2-3-5-12)18-8-13-10-21-9-11(16)6-7-14(21)19-13/h6-7,9-10,12H,2-5,8H2,1H3,(H2,17,18,20). The number of halogens is 1. The Balaban J connectivity index is 1.61. The van der Waals surface area contributed by atoms with Crippen molar-refractivity contribution in [3.05, 3.63) is 35.2 Å². The zero-order valence-electron chi connectivity index (χ0n) is 12.1. The van der Waals surface area contributed by atoms with Crippen LogP contribution < -0.4 is 10.6 Å². The van der Waals surface area contributed by atoms with Gasteiger partial charge in [0, 0.05) is 25.5 Å². The summed E-state index contributed by atoms with van der Waals surface area (Å²) < 4.78 is 1.94. The van der Waals surface area contributed by atoms with E-state index in [1.807, 2.05) is 28.9 Å². The summed E-state index contributed by atoms with van der Waals surface area (Å²) in [4.78, 5) is 8.82. The lowest BCUT2D eigenvalue weighted by atomic mass is 10.2. The molecule has 2 aromatic heterocycles. The first-order chi connectivity index (χ1) is 10.2. The molecule has 0 saturated heterocycles. The maximum absolute atomic E-state index is 5.98. The third-order valence-electron chi connectivity index (χ3n) is 3.82. The third kappa shape index (κ3) is 3.47. The van der Waals surface area contributed by atoms with Crippen LogP contribution in [0.15, 0.2) is 29.5 Å². The molecule has 0 radical (unpaired) electrons. The van der Waals surface area contributed by atoms with E-state index in [4.69, 9.17) is 11.6 Å². The molecule has 0 bridgehead atoms. The van der Waals surface area contributed by atoms with Crippen LogP contribution in [0.2, 0.25) is 5.02 Å². The number of guanidine groups is 1. The maximum atomic E-state index is 5.98. The lowest BCUT2D eigenvalue weighted by Crippen LogP contribution is -2.41. The number of fused-ring (bicyclic) bond motifs is 1. The van der Waals surface area contributed by atoms with Gasteiger partial charge in [0.15, 0.2) is 5.96 Å². The Morgan fingerprint density at radius 2 is 2.19 bits per heavy atom. The average Bonchev–Trinajstić information content (AvgIpc) is 3.11. The van der Waals surface area contributed by atoms with E-state index in [0.717, 1.165) is 17.3 Å². The van der Waals surface area contributed by atoms with E-state index in [2.05, 4.69) is 20.6 Å². The Morgan fingerprint density at radius 1 is 1.38 bits per heavy atom. The number of rotatable bonds is 3. The van der Waals surface area contributed by atoms with Gasteiger partial charge in [0.25, 0.3) is 0 Å². The van der Waals surface area contributed by atoms with Gasteiger partial charge in [0.05, 0.1) is 17.3 Å². The molecule has 0 spiro atoms. The van der Waals surface area contributed by atoms with Gasteiger partial charge in [0.2, 0.25) is 0 Å². The molecule has 1 aliphatic rings. The number of aliphatic imine (C=N–C) groups is 1. The van der Waals surface area contributed by atoms with Crippen LogP contribution in [0.25, 0.3) is 5.65 Å². The molecule has 0 unspecified atom stereocenters. The summed E-state index contributed by atoms with van der Waals surface area (Å²) in [5, 5.41) is 7.49. The van der Waals surface area contributed by atoms with Crippen LogP contribution >= 0.6 is 11.6 Å². The quantitative estimate of drug-likeness (QED) is 0.677. The summed E-state index contributed by atoms with van der Waals surface area (Å²) >= 11 is 5.98. The van der Waals surface area contributed by atoms with Gasteiger partial charge in [-0.1, -0.05) is 24.4 Å². The second-order valence-corrected chi connectivity index (χ2v) is 5.83. The Labute approximate surface area is 129 Å². The maximum Gasteiger partial charge on any atom is 0.191 e. The lowest BCUT2D eigenvalue weighted by molar-refractivity contribution is 0.613. The minimum absolute atomic E-state index is 0.552. The van der Waals surface area contributed by atoms with Crippen molar-refractivity contribution < 1.29 is 0 Å². The predicted octanol–water partition coefficient (Wildman–Crippen LogP) is 2.60. The van der Waals surface area contributed by atoms with E-state index in [0.29, 0.717) is 17.6 Å². The Hall–Kier alpha value is -1.75. The summed E-state index contributed by atoms with van der Waals surface area (Å²) in [6.07, 6.45) is 8.92. The van der Waals surface area contributed by atoms with Crippen LogP contribution in [0.4, 0.5) is 0 Å². The predicted molar refractivity (Wildman–Crippen MR) is 85.8 cm³/mol. The largest absolute Gasteiger partial charge is 0.354 e. The van der Waals surface area contributed by atoms with Crippen molar-refractivity contribution in [3.8, 4) is 0 Å². The normalized spacial score (nSPS) is 16.6. The number of hydrogen-bond donors (Lipinski definition) is 2. The topological polar surface area (TPSA) is 53.7 Å². The van der Waals surface area contributed by atoms with E-state index in [9.17, 15) is 0 Å². The van der Waals surface area contributed by atoms with Crippen molar-refractivity contribution in [1.82, 2.24) is 20.0 Å². The highest BCUT2D eigenvalue weighted by Crippen LogP contribution is 2.17. The zero-order chi connectivity index (χ0) is 14.7. The Morgan fingerprint density at radius 3 is 2.95 bits per heavy atom. The van der Waals surface area contributed by atoms with Crippen molar-refractivity contribution in [2.75, 3.05) is 7.05 Å². The van der Waals surface area contributed by atoms with Gasteiger partial charge in [-0.25, -0.2) is 4.98 Å². The summed E-state index contributed by atoms with van der Waals surface area (Å²) in [5.41, 5.74) is 1.86. The number of nitrogens with zero attached hydrogens (tertiary/aromatic N) is 3. The molecule has 6 heteroatoms. The number of aromatic nitrogens is 2. The molecule has 1 saturated carbocycles. The molecule has 0 aromatic carbocycles. The molecule has 2 heterocycles. The minimum atomic E-state index is 0.552. The molecule has 21 heavy (non-hydrogen) atoms. The van der Waals surface area contributed by atoms with E-state index in [1.54, 1.807) is 7.05 Å². The van der Waals surface area contributed by atoms with E-state index in [-0.39, 0.29) is 0 Å². The van der Waals surface area contributed by atoms with Crippen LogP contribution in [0.5, 0.6) is 0 Å². The van der Waals surface area contributed by atoms with Crippen molar-refractivity contribution in [2.45, 2.75) is 38.3 Å². The van der Waals surface area contributed by atoms with Gasteiger partial charge >= 0.3 is 0 Å². The molecule has 0 atom stereocenters. The van der Waals surface area contributed by atoms with Gasteiger partial charge < -0.3 is 15.0 Å². The van der Waals surface area contributed by atoms with Gasteiger partial charge in [-0.3, -0.25) is 4.99 Å². The fourth-order valence-corrected chi connectivity index (χ4v) is 2.90. The molecule has 0 amide bonds. The van der Waals surface area contributed by atoms with Gasteiger partial charge in [-0.05, 0) is 25.0 Å². The number of pyridine rings is 1. The SMILES string of the molecule is CN=C(NCc1cn2cc(Cl)ccc2n1)NC1CCCC1. The molecule has 0 aliphatic heterocycles. The van der Waals surface area contributed by atoms with Crippen molar-refractivity contribution >= 4 is 23.2 Å². The van der Waals surface area contributed by atoms with Gasteiger partial charge in [-0.2, -0.15) is 0 Å². The molecule has 2 aromatic rings. The van der Waals surface area contributed by atoms with Crippen molar-refractivity contribution in [1.29, 1.82) is 0 Å². The van der Waals surface area contributed by atoms with Crippen molar-refractivity contribution in [3.63, 3.8) is 0 Å². The molecule has 112 valence electrons. The first-order valence-electron chi connectivity index (χ1n) is 7.35. The van der Waals surface area contributed by atoms with Crippen LogP contribution in [0, 0.1) is 0 Å². The first kappa shape index (κ1) is 14.2. The van der Waals surface area contributed by atoms with Crippen LogP contribution in [0.3, 0.4) is 0 Å². The molecule has 2 N–H and O–H groups in total. The molecular weight excluding hydrogens is 286 g/mol. The fourth-order valence-electron chi connectivity index (χ4n) is 2.73.